The minimum absolute atomic E-state index is 0.245. The molecule has 1 atom stereocenters. The Morgan fingerprint density at radius 3 is 3.08 bits per heavy atom. The van der Waals surface area contributed by atoms with Crippen LogP contribution in [-0.4, -0.2) is 6.61 Å². The van der Waals surface area contributed by atoms with Crippen LogP contribution in [0.3, 0.4) is 0 Å². The summed E-state index contributed by atoms with van der Waals surface area (Å²) in [5.41, 5.74) is 3.94. The van der Waals surface area contributed by atoms with Crippen molar-refractivity contribution >= 4 is 0 Å². The van der Waals surface area contributed by atoms with Crippen LogP contribution in [0.4, 0.5) is 0 Å². The van der Waals surface area contributed by atoms with Crippen molar-refractivity contribution in [3.63, 3.8) is 0 Å². The highest BCUT2D eigenvalue weighted by Crippen LogP contribution is 2.30. The third-order valence-corrected chi connectivity index (χ3v) is 2.16. The molecule has 12 heavy (non-hydrogen) atoms. The van der Waals surface area contributed by atoms with Crippen molar-refractivity contribution in [2.75, 3.05) is 6.61 Å². The fraction of sp³-hybridized carbons (Fsp3) is 0.333. The van der Waals surface area contributed by atoms with E-state index in [1.807, 2.05) is 24.3 Å². The average Bonchev–Trinajstić information content (AvgIpc) is 2.17. The molecule has 3 nitrogen and oxygen atoms in total. The number of ether oxygens (including phenoxy) is 1. The highest BCUT2D eigenvalue weighted by Gasteiger charge is 2.18. The number of hydrogen-bond donors (Lipinski definition) is 2. The predicted molar refractivity (Wildman–Crippen MR) is 46.6 cm³/mol. The quantitative estimate of drug-likeness (QED) is 0.480. The Labute approximate surface area is 71.5 Å². The molecule has 1 unspecified atom stereocenters. The van der Waals surface area contributed by atoms with E-state index in [0.717, 1.165) is 24.3 Å². The minimum atomic E-state index is 0.245. The first kappa shape index (κ1) is 7.58. The van der Waals surface area contributed by atoms with Crippen LogP contribution in [0.15, 0.2) is 24.3 Å². The molecule has 1 aromatic carbocycles. The lowest BCUT2D eigenvalue weighted by Crippen LogP contribution is -2.31. The van der Waals surface area contributed by atoms with Gasteiger partial charge >= 0.3 is 0 Å². The zero-order chi connectivity index (χ0) is 8.39. The summed E-state index contributed by atoms with van der Waals surface area (Å²) >= 11 is 0. The molecular weight excluding hydrogens is 152 g/mol. The summed E-state index contributed by atoms with van der Waals surface area (Å²) in [5, 5.41) is 0. The van der Waals surface area contributed by atoms with E-state index in [1.165, 1.54) is 0 Å². The maximum atomic E-state index is 5.46. The van der Waals surface area contributed by atoms with Gasteiger partial charge in [-0.25, -0.2) is 0 Å². The molecule has 0 spiro atoms. The van der Waals surface area contributed by atoms with Crippen LogP contribution in [0, 0.1) is 0 Å². The number of nitrogens with two attached hydrogens (primary N) is 1. The van der Waals surface area contributed by atoms with E-state index in [4.69, 9.17) is 10.6 Å². The van der Waals surface area contributed by atoms with Crippen molar-refractivity contribution < 1.29 is 4.74 Å². The zero-order valence-electron chi connectivity index (χ0n) is 6.79. The normalized spacial score (nSPS) is 21.2. The summed E-state index contributed by atoms with van der Waals surface area (Å²) in [5.74, 6) is 6.36. The third-order valence-electron chi connectivity index (χ3n) is 2.16. The zero-order valence-corrected chi connectivity index (χ0v) is 6.79. The van der Waals surface area contributed by atoms with Gasteiger partial charge in [0.15, 0.2) is 0 Å². The number of hydrogen-bond acceptors (Lipinski definition) is 3. The molecule has 3 N–H and O–H groups in total. The first-order valence-electron chi connectivity index (χ1n) is 4.09. The van der Waals surface area contributed by atoms with Gasteiger partial charge in [-0.05, 0) is 6.07 Å². The molecule has 1 heterocycles. The molecule has 0 fully saturated rings. The van der Waals surface area contributed by atoms with E-state index in [9.17, 15) is 0 Å². The van der Waals surface area contributed by atoms with E-state index >= 15 is 0 Å². The Morgan fingerprint density at radius 2 is 2.25 bits per heavy atom. The monoisotopic (exact) mass is 164 g/mol. The van der Waals surface area contributed by atoms with Crippen LogP contribution in [-0.2, 0) is 0 Å². The molecule has 0 saturated carbocycles. The first-order valence-corrected chi connectivity index (χ1v) is 4.09. The van der Waals surface area contributed by atoms with Crippen LogP contribution in [0.5, 0.6) is 5.75 Å². The number of benzene rings is 1. The summed E-state index contributed by atoms with van der Waals surface area (Å²) in [6.45, 7) is 0.742. The molecule has 2 rings (SSSR count). The number of rotatable bonds is 1. The van der Waals surface area contributed by atoms with Gasteiger partial charge in [0.05, 0.1) is 12.6 Å². The maximum Gasteiger partial charge on any atom is 0.124 e. The third kappa shape index (κ3) is 1.17. The molecule has 3 heteroatoms. The maximum absolute atomic E-state index is 5.46. The highest BCUT2D eigenvalue weighted by atomic mass is 16.5. The van der Waals surface area contributed by atoms with E-state index in [-0.39, 0.29) is 6.04 Å². The Hall–Kier alpha value is -1.06. The number of nitrogens with one attached hydrogen (secondary N) is 1. The van der Waals surface area contributed by atoms with Gasteiger partial charge in [0, 0.05) is 12.0 Å². The summed E-state index contributed by atoms with van der Waals surface area (Å²) in [6.07, 6.45) is 0.938. The molecule has 0 aromatic heterocycles. The summed E-state index contributed by atoms with van der Waals surface area (Å²) in [6, 6.07) is 8.22. The molecule has 0 amide bonds. The van der Waals surface area contributed by atoms with Gasteiger partial charge in [0.25, 0.3) is 0 Å². The summed E-state index contributed by atoms with van der Waals surface area (Å²) in [4.78, 5) is 0. The van der Waals surface area contributed by atoms with E-state index in [2.05, 4.69) is 5.43 Å². The van der Waals surface area contributed by atoms with Crippen LogP contribution in [0.1, 0.15) is 18.0 Å². The van der Waals surface area contributed by atoms with Crippen molar-refractivity contribution in [2.45, 2.75) is 12.5 Å². The number of para-hydroxylation sites is 1. The lowest BCUT2D eigenvalue weighted by molar-refractivity contribution is 0.253. The largest absolute Gasteiger partial charge is 0.493 e. The fourth-order valence-corrected chi connectivity index (χ4v) is 1.52. The van der Waals surface area contributed by atoms with Crippen LogP contribution < -0.4 is 16.0 Å². The lowest BCUT2D eigenvalue weighted by Gasteiger charge is -2.24. The highest BCUT2D eigenvalue weighted by molar-refractivity contribution is 5.37. The van der Waals surface area contributed by atoms with Crippen LogP contribution in [0.2, 0.25) is 0 Å². The second-order valence-corrected chi connectivity index (χ2v) is 2.89. The van der Waals surface area contributed by atoms with Crippen molar-refractivity contribution in [2.24, 2.45) is 5.84 Å². The fourth-order valence-electron chi connectivity index (χ4n) is 1.52. The van der Waals surface area contributed by atoms with Crippen molar-refractivity contribution in [1.82, 2.24) is 5.43 Å². The average molecular weight is 164 g/mol. The van der Waals surface area contributed by atoms with E-state index < -0.39 is 0 Å². The van der Waals surface area contributed by atoms with Crippen molar-refractivity contribution in [1.29, 1.82) is 0 Å². The van der Waals surface area contributed by atoms with Gasteiger partial charge in [-0.2, -0.15) is 0 Å². The SMILES string of the molecule is NNC1CCOc2ccccc21. The van der Waals surface area contributed by atoms with Gasteiger partial charge in [0.2, 0.25) is 0 Å². The lowest BCUT2D eigenvalue weighted by atomic mass is 10.0. The number of fused-ring (bicyclic) bond motifs is 1. The van der Waals surface area contributed by atoms with E-state index in [1.54, 1.807) is 0 Å². The first-order chi connectivity index (χ1) is 5.92. The molecule has 0 saturated heterocycles. The Kier molecular flexibility index (Phi) is 1.98. The van der Waals surface area contributed by atoms with E-state index in [0.29, 0.717) is 0 Å². The molecular formula is C9H12N2O. The van der Waals surface area contributed by atoms with Crippen molar-refractivity contribution in [3.8, 4) is 5.75 Å². The van der Waals surface area contributed by atoms with Crippen LogP contribution >= 0.6 is 0 Å². The van der Waals surface area contributed by atoms with Gasteiger partial charge < -0.3 is 4.74 Å². The van der Waals surface area contributed by atoms with Gasteiger partial charge in [0.1, 0.15) is 5.75 Å². The van der Waals surface area contributed by atoms with Crippen molar-refractivity contribution in [3.05, 3.63) is 29.8 Å². The summed E-state index contributed by atoms with van der Waals surface area (Å²) in [7, 11) is 0. The smallest absolute Gasteiger partial charge is 0.124 e. The Bertz CT molecular complexity index is 275. The van der Waals surface area contributed by atoms with Gasteiger partial charge in [-0.1, -0.05) is 18.2 Å². The Morgan fingerprint density at radius 1 is 1.42 bits per heavy atom. The second-order valence-electron chi connectivity index (χ2n) is 2.89. The molecule has 1 aromatic rings. The molecule has 0 bridgehead atoms. The topological polar surface area (TPSA) is 47.3 Å². The molecule has 1 aliphatic rings. The van der Waals surface area contributed by atoms with Gasteiger partial charge in [-0.3, -0.25) is 11.3 Å². The molecule has 1 aliphatic heterocycles. The van der Waals surface area contributed by atoms with Gasteiger partial charge in [-0.15, -0.1) is 0 Å². The standard InChI is InChI=1S/C9H12N2O/c10-11-8-5-6-12-9-4-2-1-3-7(8)9/h1-4,8,11H,5-6,10H2. The minimum Gasteiger partial charge on any atom is -0.493 e. The summed E-state index contributed by atoms with van der Waals surface area (Å²) < 4.78 is 5.46. The number of hydrazine groups is 1. The second kappa shape index (κ2) is 3.13. The predicted octanol–water partition coefficient (Wildman–Crippen LogP) is 0.973. The molecule has 0 aliphatic carbocycles. The molecule has 64 valence electrons. The molecule has 0 radical (unpaired) electrons. The Balaban J connectivity index is 2.37. The van der Waals surface area contributed by atoms with Crippen LogP contribution in [0.25, 0.3) is 0 Å².